The maximum absolute atomic E-state index is 5.98. The predicted octanol–water partition coefficient (Wildman–Crippen LogP) is 5.01. The smallest absolute Gasteiger partial charge is 0.133 e. The Hall–Kier alpha value is -2.79. The molecule has 2 aliphatic heterocycles. The summed E-state index contributed by atoms with van der Waals surface area (Å²) >= 11 is 0. The van der Waals surface area contributed by atoms with Crippen LogP contribution in [0.1, 0.15) is 48.4 Å². The Balaban J connectivity index is 1.39. The number of hydrogen-bond acceptors (Lipinski definition) is 4. The molecule has 0 saturated carbocycles. The molecule has 0 bridgehead atoms. The van der Waals surface area contributed by atoms with Gasteiger partial charge < -0.3 is 15.0 Å². The largest absolute Gasteiger partial charge is 0.489 e. The van der Waals surface area contributed by atoms with Crippen molar-refractivity contribution in [3.05, 3.63) is 71.4 Å². The molecule has 0 amide bonds. The Morgan fingerprint density at radius 1 is 1.00 bits per heavy atom. The van der Waals surface area contributed by atoms with Gasteiger partial charge in [0.15, 0.2) is 0 Å². The van der Waals surface area contributed by atoms with Gasteiger partial charge in [-0.25, -0.2) is 4.68 Å². The van der Waals surface area contributed by atoms with E-state index in [9.17, 15) is 0 Å². The third kappa shape index (κ3) is 4.47. The Morgan fingerprint density at radius 2 is 1.77 bits per heavy atom. The van der Waals surface area contributed by atoms with E-state index in [1.54, 1.807) is 0 Å². The second kappa shape index (κ2) is 9.15. The van der Waals surface area contributed by atoms with Gasteiger partial charge in [0.1, 0.15) is 18.2 Å². The molecule has 31 heavy (non-hydrogen) atoms. The highest BCUT2D eigenvalue weighted by Crippen LogP contribution is 2.36. The first kappa shape index (κ1) is 20.1. The fourth-order valence-corrected chi connectivity index (χ4v) is 4.75. The molecule has 0 unspecified atom stereocenters. The summed E-state index contributed by atoms with van der Waals surface area (Å²) in [6, 6.07) is 18.6. The second-order valence-electron chi connectivity index (χ2n) is 8.85. The molecule has 5 nitrogen and oxygen atoms in total. The highest BCUT2D eigenvalue weighted by molar-refractivity contribution is 5.55. The van der Waals surface area contributed by atoms with Gasteiger partial charge in [-0.05, 0) is 82.1 Å². The molecule has 2 aliphatic rings. The number of ether oxygens (including phenoxy) is 1. The number of nitrogens with zero attached hydrogens (tertiary/aromatic N) is 3. The molecular weight excluding hydrogens is 384 g/mol. The van der Waals surface area contributed by atoms with Gasteiger partial charge in [0.25, 0.3) is 0 Å². The minimum Gasteiger partial charge on any atom is -0.489 e. The lowest BCUT2D eigenvalue weighted by molar-refractivity contribution is 0.252. The van der Waals surface area contributed by atoms with Crippen LogP contribution in [-0.4, -0.2) is 41.4 Å². The molecule has 0 aliphatic carbocycles. The van der Waals surface area contributed by atoms with Gasteiger partial charge in [-0.3, -0.25) is 0 Å². The van der Waals surface area contributed by atoms with E-state index in [0.717, 1.165) is 37.5 Å². The van der Waals surface area contributed by atoms with Gasteiger partial charge in [-0.2, -0.15) is 5.10 Å². The zero-order valence-electron chi connectivity index (χ0n) is 18.4. The first-order valence-electron chi connectivity index (χ1n) is 11.6. The van der Waals surface area contributed by atoms with Crippen LogP contribution in [-0.2, 0) is 13.0 Å². The van der Waals surface area contributed by atoms with E-state index in [4.69, 9.17) is 9.84 Å². The summed E-state index contributed by atoms with van der Waals surface area (Å²) in [6.07, 6.45) is 5.98. The topological polar surface area (TPSA) is 42.3 Å². The Morgan fingerprint density at radius 3 is 2.55 bits per heavy atom. The number of likely N-dealkylation sites (tertiary alicyclic amines) is 1. The number of fused-ring (bicyclic) bond motifs is 1. The Kier molecular flexibility index (Phi) is 5.94. The monoisotopic (exact) mass is 416 g/mol. The average Bonchev–Trinajstić information content (AvgIpc) is 3.00. The molecule has 1 aromatic heterocycles. The number of piperidine rings is 1. The van der Waals surface area contributed by atoms with E-state index in [-0.39, 0.29) is 0 Å². The van der Waals surface area contributed by atoms with E-state index in [2.05, 4.69) is 58.3 Å². The first-order valence-corrected chi connectivity index (χ1v) is 11.6. The van der Waals surface area contributed by atoms with Crippen LogP contribution in [0, 0.1) is 0 Å². The van der Waals surface area contributed by atoms with E-state index >= 15 is 0 Å². The molecule has 5 heteroatoms. The third-order valence-corrected chi connectivity index (χ3v) is 6.60. The van der Waals surface area contributed by atoms with Crippen LogP contribution in [0.25, 0.3) is 5.69 Å². The summed E-state index contributed by atoms with van der Waals surface area (Å²) in [4.78, 5) is 2.43. The standard InChI is InChI=1S/C26H32N4O/c1-29-17-14-21(15-18-29)25-24-9-5-6-16-27-26(24)30(28-25)22-10-12-23(13-11-22)31-19-20-7-3-2-4-8-20/h2-4,7-8,10-13,21,27H,5-6,9,14-19H2,1H3. The summed E-state index contributed by atoms with van der Waals surface area (Å²) < 4.78 is 8.11. The van der Waals surface area contributed by atoms with Gasteiger partial charge in [0.05, 0.1) is 11.4 Å². The predicted molar refractivity (Wildman–Crippen MR) is 125 cm³/mol. The number of anilines is 1. The van der Waals surface area contributed by atoms with Crippen molar-refractivity contribution in [2.24, 2.45) is 0 Å². The molecule has 2 aromatic carbocycles. The van der Waals surface area contributed by atoms with E-state index < -0.39 is 0 Å². The van der Waals surface area contributed by atoms with Crippen LogP contribution in [0.3, 0.4) is 0 Å². The fourth-order valence-electron chi connectivity index (χ4n) is 4.75. The van der Waals surface area contributed by atoms with Crippen molar-refractivity contribution < 1.29 is 4.74 Å². The molecule has 3 heterocycles. The van der Waals surface area contributed by atoms with Crippen molar-refractivity contribution in [3.63, 3.8) is 0 Å². The minimum absolute atomic E-state index is 0.569. The van der Waals surface area contributed by atoms with E-state index in [1.807, 2.05) is 18.2 Å². The quantitative estimate of drug-likeness (QED) is 0.635. The van der Waals surface area contributed by atoms with Crippen LogP contribution in [0.2, 0.25) is 0 Å². The van der Waals surface area contributed by atoms with Crippen molar-refractivity contribution in [2.75, 3.05) is 32.0 Å². The Labute approximate surface area is 185 Å². The number of hydrogen-bond donors (Lipinski definition) is 1. The normalized spacial score (nSPS) is 17.6. The maximum Gasteiger partial charge on any atom is 0.133 e. The lowest BCUT2D eigenvalue weighted by Gasteiger charge is -2.28. The SMILES string of the molecule is CN1CCC(c2nn(-c3ccc(OCc4ccccc4)cc3)c3c2CCCCN3)CC1. The lowest BCUT2D eigenvalue weighted by atomic mass is 9.90. The van der Waals surface area contributed by atoms with Crippen molar-refractivity contribution >= 4 is 5.82 Å². The summed E-state index contributed by atoms with van der Waals surface area (Å²) in [5.41, 5.74) is 5.03. The highest BCUT2D eigenvalue weighted by Gasteiger charge is 2.28. The third-order valence-electron chi connectivity index (χ3n) is 6.60. The Bertz CT molecular complexity index is 988. The van der Waals surface area contributed by atoms with Gasteiger partial charge >= 0.3 is 0 Å². The van der Waals surface area contributed by atoms with Crippen molar-refractivity contribution in [2.45, 2.75) is 44.6 Å². The molecule has 1 N–H and O–H groups in total. The summed E-state index contributed by atoms with van der Waals surface area (Å²) in [5, 5.41) is 8.85. The van der Waals surface area contributed by atoms with Crippen LogP contribution < -0.4 is 10.1 Å². The molecular formula is C26H32N4O. The van der Waals surface area contributed by atoms with E-state index in [1.165, 1.54) is 48.3 Å². The molecule has 0 radical (unpaired) electrons. The molecule has 1 saturated heterocycles. The van der Waals surface area contributed by atoms with Gasteiger partial charge in [-0.15, -0.1) is 0 Å². The van der Waals surface area contributed by atoms with Crippen molar-refractivity contribution in [1.29, 1.82) is 0 Å². The van der Waals surface area contributed by atoms with Crippen LogP contribution >= 0.6 is 0 Å². The maximum atomic E-state index is 5.98. The minimum atomic E-state index is 0.569. The van der Waals surface area contributed by atoms with Crippen LogP contribution in [0.15, 0.2) is 54.6 Å². The van der Waals surface area contributed by atoms with Crippen LogP contribution in [0.4, 0.5) is 5.82 Å². The highest BCUT2D eigenvalue weighted by atomic mass is 16.5. The lowest BCUT2D eigenvalue weighted by Crippen LogP contribution is -2.29. The summed E-state index contributed by atoms with van der Waals surface area (Å²) in [6.45, 7) is 3.92. The molecule has 5 rings (SSSR count). The molecule has 162 valence electrons. The zero-order chi connectivity index (χ0) is 21.0. The van der Waals surface area contributed by atoms with Gasteiger partial charge in [0.2, 0.25) is 0 Å². The number of rotatable bonds is 5. The zero-order valence-corrected chi connectivity index (χ0v) is 18.4. The molecule has 0 spiro atoms. The second-order valence-corrected chi connectivity index (χ2v) is 8.85. The number of benzene rings is 2. The summed E-state index contributed by atoms with van der Waals surface area (Å²) in [5.74, 6) is 2.65. The fraction of sp³-hybridized carbons (Fsp3) is 0.423. The number of aromatic nitrogens is 2. The summed E-state index contributed by atoms with van der Waals surface area (Å²) in [7, 11) is 2.22. The van der Waals surface area contributed by atoms with Crippen molar-refractivity contribution in [1.82, 2.24) is 14.7 Å². The van der Waals surface area contributed by atoms with Crippen molar-refractivity contribution in [3.8, 4) is 11.4 Å². The molecule has 0 atom stereocenters. The molecule has 3 aromatic rings. The average molecular weight is 417 g/mol. The molecule has 1 fully saturated rings. The van der Waals surface area contributed by atoms with Gasteiger partial charge in [-0.1, -0.05) is 30.3 Å². The van der Waals surface area contributed by atoms with Crippen LogP contribution in [0.5, 0.6) is 5.75 Å². The first-order chi connectivity index (χ1) is 15.3. The van der Waals surface area contributed by atoms with E-state index in [0.29, 0.717) is 12.5 Å². The number of nitrogens with one attached hydrogen (secondary N) is 1. The van der Waals surface area contributed by atoms with Gasteiger partial charge in [0, 0.05) is 18.0 Å².